The molecule has 0 unspecified atom stereocenters. The molecule has 2 aromatic rings. The van der Waals surface area contributed by atoms with Crippen molar-refractivity contribution >= 4 is 11.3 Å². The number of aryl methyl sites for hydroxylation is 1. The van der Waals surface area contributed by atoms with E-state index in [1.165, 1.54) is 10.6 Å². The summed E-state index contributed by atoms with van der Waals surface area (Å²) in [5.74, 6) is 0.932. The normalized spacial score (nSPS) is 11.0. The predicted molar refractivity (Wildman–Crippen MR) is 84.5 cm³/mol. The Balaban J connectivity index is 1.71. The van der Waals surface area contributed by atoms with Crippen LogP contribution in [0.2, 0.25) is 0 Å². The molecule has 0 bridgehead atoms. The monoisotopic (exact) mass is 290 g/mol. The van der Waals surface area contributed by atoms with Crippen molar-refractivity contribution in [3.8, 4) is 5.75 Å². The summed E-state index contributed by atoms with van der Waals surface area (Å²) in [7, 11) is 0. The van der Waals surface area contributed by atoms with E-state index in [0.717, 1.165) is 31.0 Å². The van der Waals surface area contributed by atoms with Crippen molar-refractivity contribution in [3.05, 3.63) is 45.9 Å². The highest BCUT2D eigenvalue weighted by Gasteiger charge is 2.00. The van der Waals surface area contributed by atoms with E-state index in [2.05, 4.69) is 27.8 Å². The van der Waals surface area contributed by atoms with Crippen LogP contribution >= 0.6 is 11.3 Å². The van der Waals surface area contributed by atoms with Gasteiger partial charge in [0.15, 0.2) is 0 Å². The van der Waals surface area contributed by atoms with E-state index in [9.17, 15) is 0 Å². The Morgan fingerprint density at radius 3 is 2.60 bits per heavy atom. The molecular weight excluding hydrogens is 268 g/mol. The average molecular weight is 290 g/mol. The van der Waals surface area contributed by atoms with Crippen LogP contribution in [0.1, 0.15) is 30.1 Å². The molecule has 1 aromatic carbocycles. The third-order valence-corrected chi connectivity index (χ3v) is 3.83. The van der Waals surface area contributed by atoms with Gasteiger partial charge in [0.25, 0.3) is 0 Å². The van der Waals surface area contributed by atoms with Gasteiger partial charge in [-0.05, 0) is 38.5 Å². The summed E-state index contributed by atoms with van der Waals surface area (Å²) in [6.07, 6.45) is 1.22. The van der Waals surface area contributed by atoms with Crippen LogP contribution in [-0.2, 0) is 13.0 Å². The summed E-state index contributed by atoms with van der Waals surface area (Å²) in [4.78, 5) is 4.46. The minimum atomic E-state index is 0.223. The number of nitrogens with one attached hydrogen (secondary N) is 1. The Morgan fingerprint density at radius 1 is 1.25 bits per heavy atom. The van der Waals surface area contributed by atoms with Crippen molar-refractivity contribution in [1.82, 2.24) is 10.3 Å². The lowest BCUT2D eigenvalue weighted by Crippen LogP contribution is -2.16. The van der Waals surface area contributed by atoms with Crippen molar-refractivity contribution in [2.24, 2.45) is 0 Å². The van der Waals surface area contributed by atoms with Gasteiger partial charge in [-0.3, -0.25) is 0 Å². The third-order valence-electron chi connectivity index (χ3n) is 2.81. The molecule has 0 fully saturated rings. The van der Waals surface area contributed by atoms with E-state index in [1.54, 1.807) is 11.3 Å². The Labute approximate surface area is 125 Å². The average Bonchev–Trinajstić information content (AvgIpc) is 2.82. The van der Waals surface area contributed by atoms with Crippen molar-refractivity contribution in [2.75, 3.05) is 6.54 Å². The number of hydrogen-bond donors (Lipinski definition) is 1. The van der Waals surface area contributed by atoms with E-state index in [1.807, 2.05) is 32.9 Å². The predicted octanol–water partition coefficient (Wildman–Crippen LogP) is 3.57. The van der Waals surface area contributed by atoms with Gasteiger partial charge in [0.2, 0.25) is 0 Å². The van der Waals surface area contributed by atoms with Gasteiger partial charge >= 0.3 is 0 Å². The minimum Gasteiger partial charge on any atom is -0.491 e. The third kappa shape index (κ3) is 4.94. The molecule has 0 aliphatic rings. The standard InChI is InChI=1S/C16H22N2OS/c1-12(2)19-15-6-4-14(5-7-15)10-17-9-8-16-18-13(3)11-20-16/h4-7,11-12,17H,8-10H2,1-3H3. The molecule has 108 valence electrons. The second-order valence-corrected chi connectivity index (χ2v) is 6.06. The van der Waals surface area contributed by atoms with Crippen LogP contribution in [0.25, 0.3) is 0 Å². The maximum atomic E-state index is 5.63. The summed E-state index contributed by atoms with van der Waals surface area (Å²) in [5.41, 5.74) is 2.39. The van der Waals surface area contributed by atoms with Gasteiger partial charge < -0.3 is 10.1 Å². The van der Waals surface area contributed by atoms with Crippen LogP contribution in [0, 0.1) is 6.92 Å². The van der Waals surface area contributed by atoms with Crippen molar-refractivity contribution in [2.45, 2.75) is 39.8 Å². The second kappa shape index (κ2) is 7.41. The summed E-state index contributed by atoms with van der Waals surface area (Å²) in [5, 5.41) is 6.75. The highest BCUT2D eigenvalue weighted by atomic mass is 32.1. The number of hydrogen-bond acceptors (Lipinski definition) is 4. The van der Waals surface area contributed by atoms with E-state index in [-0.39, 0.29) is 6.10 Å². The SMILES string of the molecule is Cc1csc(CCNCc2ccc(OC(C)C)cc2)n1. The molecule has 4 heteroatoms. The van der Waals surface area contributed by atoms with E-state index >= 15 is 0 Å². The topological polar surface area (TPSA) is 34.1 Å². The summed E-state index contributed by atoms with van der Waals surface area (Å²) < 4.78 is 5.63. The van der Waals surface area contributed by atoms with Gasteiger partial charge in [-0.1, -0.05) is 12.1 Å². The van der Waals surface area contributed by atoms with Crippen LogP contribution in [0.4, 0.5) is 0 Å². The lowest BCUT2D eigenvalue weighted by Gasteiger charge is -2.10. The van der Waals surface area contributed by atoms with Gasteiger partial charge in [-0.15, -0.1) is 11.3 Å². The molecule has 1 N–H and O–H groups in total. The lowest BCUT2D eigenvalue weighted by atomic mass is 10.2. The van der Waals surface area contributed by atoms with E-state index in [0.29, 0.717) is 0 Å². The lowest BCUT2D eigenvalue weighted by molar-refractivity contribution is 0.242. The number of rotatable bonds is 7. The Morgan fingerprint density at radius 2 is 2.00 bits per heavy atom. The molecule has 0 amide bonds. The zero-order chi connectivity index (χ0) is 14.4. The summed E-state index contributed by atoms with van der Waals surface area (Å²) >= 11 is 1.74. The Hall–Kier alpha value is -1.39. The van der Waals surface area contributed by atoms with E-state index in [4.69, 9.17) is 4.74 Å². The largest absolute Gasteiger partial charge is 0.491 e. The zero-order valence-electron chi connectivity index (χ0n) is 12.3. The number of ether oxygens (including phenoxy) is 1. The fourth-order valence-corrected chi connectivity index (χ4v) is 2.68. The number of thiazole rings is 1. The second-order valence-electron chi connectivity index (χ2n) is 5.12. The van der Waals surface area contributed by atoms with Crippen LogP contribution in [0.5, 0.6) is 5.75 Å². The van der Waals surface area contributed by atoms with Crippen LogP contribution < -0.4 is 10.1 Å². The van der Waals surface area contributed by atoms with Gasteiger partial charge in [-0.25, -0.2) is 4.98 Å². The zero-order valence-corrected chi connectivity index (χ0v) is 13.2. The molecule has 20 heavy (non-hydrogen) atoms. The first kappa shape index (κ1) is 15.0. The molecule has 0 radical (unpaired) electrons. The number of nitrogens with zero attached hydrogens (tertiary/aromatic N) is 1. The van der Waals surface area contributed by atoms with Crippen molar-refractivity contribution < 1.29 is 4.74 Å². The number of benzene rings is 1. The smallest absolute Gasteiger partial charge is 0.119 e. The molecule has 0 spiro atoms. The maximum Gasteiger partial charge on any atom is 0.119 e. The number of aromatic nitrogens is 1. The first-order valence-electron chi connectivity index (χ1n) is 7.01. The van der Waals surface area contributed by atoms with Crippen molar-refractivity contribution in [1.29, 1.82) is 0 Å². The molecular formula is C16H22N2OS. The Bertz CT molecular complexity index is 520. The highest BCUT2D eigenvalue weighted by Crippen LogP contribution is 2.14. The van der Waals surface area contributed by atoms with Crippen LogP contribution in [0.3, 0.4) is 0 Å². The molecule has 0 aliphatic carbocycles. The molecule has 1 aromatic heterocycles. The maximum absolute atomic E-state index is 5.63. The molecule has 3 nitrogen and oxygen atoms in total. The molecule has 0 atom stereocenters. The molecule has 0 saturated heterocycles. The van der Waals surface area contributed by atoms with Gasteiger partial charge in [0.05, 0.1) is 11.1 Å². The molecule has 1 heterocycles. The molecule has 0 aliphatic heterocycles. The highest BCUT2D eigenvalue weighted by molar-refractivity contribution is 7.09. The Kier molecular flexibility index (Phi) is 5.56. The van der Waals surface area contributed by atoms with Crippen LogP contribution in [0.15, 0.2) is 29.6 Å². The van der Waals surface area contributed by atoms with Gasteiger partial charge in [0.1, 0.15) is 5.75 Å². The molecule has 0 saturated carbocycles. The fraction of sp³-hybridized carbons (Fsp3) is 0.438. The fourth-order valence-electron chi connectivity index (χ4n) is 1.90. The van der Waals surface area contributed by atoms with Gasteiger partial charge in [0, 0.05) is 30.6 Å². The van der Waals surface area contributed by atoms with Gasteiger partial charge in [-0.2, -0.15) is 0 Å². The first-order valence-corrected chi connectivity index (χ1v) is 7.89. The van der Waals surface area contributed by atoms with E-state index < -0.39 is 0 Å². The van der Waals surface area contributed by atoms with Crippen molar-refractivity contribution in [3.63, 3.8) is 0 Å². The van der Waals surface area contributed by atoms with Crippen LogP contribution in [-0.4, -0.2) is 17.6 Å². The summed E-state index contributed by atoms with van der Waals surface area (Å²) in [6.45, 7) is 7.95. The quantitative estimate of drug-likeness (QED) is 0.792. The summed E-state index contributed by atoms with van der Waals surface area (Å²) in [6, 6.07) is 8.28. The first-order chi connectivity index (χ1) is 9.63. The molecule has 2 rings (SSSR count). The minimum absolute atomic E-state index is 0.223.